The van der Waals surface area contributed by atoms with Crippen molar-refractivity contribution in [3.63, 3.8) is 0 Å². The molecule has 0 radical (unpaired) electrons. The lowest BCUT2D eigenvalue weighted by molar-refractivity contribution is -0.147. The number of sulfonamides is 1. The van der Waals surface area contributed by atoms with Crippen molar-refractivity contribution in [1.82, 2.24) is 4.31 Å². The van der Waals surface area contributed by atoms with Crippen LogP contribution in [0, 0.1) is 6.92 Å². The van der Waals surface area contributed by atoms with Gasteiger partial charge in [0.25, 0.3) is 5.91 Å². The normalized spacial score (nSPS) is 11.2. The third-order valence-corrected chi connectivity index (χ3v) is 6.64. The molecule has 1 amide bonds. The lowest BCUT2D eigenvalue weighted by Crippen LogP contribution is -2.24. The number of nitrogens with zero attached hydrogens (tertiary/aromatic N) is 1. The number of aryl methyl sites for hydroxylation is 1. The monoisotopic (exact) mass is 490 g/mol. The number of nitrogens with one attached hydrogen (secondary N) is 1. The van der Waals surface area contributed by atoms with E-state index in [0.29, 0.717) is 29.2 Å². The number of rotatable bonds is 12. The minimum absolute atomic E-state index is 0.0267. The summed E-state index contributed by atoms with van der Waals surface area (Å²) < 4.78 is 36.1. The van der Waals surface area contributed by atoms with E-state index in [1.54, 1.807) is 37.3 Å². The summed E-state index contributed by atoms with van der Waals surface area (Å²) in [5, 5.41) is 2.55. The third kappa shape index (κ3) is 7.67. The Kier molecular flexibility index (Phi) is 9.76. The molecule has 0 saturated heterocycles. The summed E-state index contributed by atoms with van der Waals surface area (Å²) in [6.07, 6.45) is 0.653. The number of carbonyl (C=O) groups is 3. The largest absolute Gasteiger partial charge is 0.494 e. The number of anilines is 1. The second-order valence-corrected chi connectivity index (χ2v) is 9.92. The van der Waals surface area contributed by atoms with Crippen molar-refractivity contribution in [2.24, 2.45) is 0 Å². The molecule has 0 atom stereocenters. The van der Waals surface area contributed by atoms with E-state index in [-0.39, 0.29) is 23.5 Å². The van der Waals surface area contributed by atoms with Crippen LogP contribution < -0.4 is 10.1 Å². The van der Waals surface area contributed by atoms with Crippen LogP contribution in [0.1, 0.15) is 42.1 Å². The van der Waals surface area contributed by atoms with Crippen LogP contribution in [-0.2, 0) is 24.3 Å². The minimum Gasteiger partial charge on any atom is -0.494 e. The van der Waals surface area contributed by atoms with Crippen molar-refractivity contribution in [1.29, 1.82) is 0 Å². The van der Waals surface area contributed by atoms with E-state index in [1.165, 1.54) is 26.2 Å². The van der Waals surface area contributed by atoms with Crippen molar-refractivity contribution in [2.75, 3.05) is 32.6 Å². The lowest BCUT2D eigenvalue weighted by Gasteiger charge is -2.14. The first kappa shape index (κ1) is 27.0. The molecule has 0 aliphatic heterocycles. The molecule has 2 aromatic rings. The average molecular weight is 491 g/mol. The van der Waals surface area contributed by atoms with E-state index in [0.717, 1.165) is 10.7 Å². The number of amides is 1. The zero-order valence-electron chi connectivity index (χ0n) is 19.8. The number of ether oxygens (including phenoxy) is 2. The van der Waals surface area contributed by atoms with Gasteiger partial charge in [-0.15, -0.1) is 0 Å². The number of hydrogen-bond acceptors (Lipinski definition) is 7. The maximum atomic E-state index is 12.3. The van der Waals surface area contributed by atoms with Crippen LogP contribution in [0.4, 0.5) is 5.69 Å². The summed E-state index contributed by atoms with van der Waals surface area (Å²) >= 11 is 0. The molecule has 2 rings (SSSR count). The van der Waals surface area contributed by atoms with Gasteiger partial charge in [-0.1, -0.05) is 13.0 Å². The van der Waals surface area contributed by atoms with Crippen LogP contribution in [0.3, 0.4) is 0 Å². The molecule has 2 aromatic carbocycles. The predicted molar refractivity (Wildman–Crippen MR) is 127 cm³/mol. The topological polar surface area (TPSA) is 119 Å². The van der Waals surface area contributed by atoms with Gasteiger partial charge in [0, 0.05) is 31.8 Å². The quantitative estimate of drug-likeness (QED) is 0.358. The molecule has 0 aliphatic rings. The highest BCUT2D eigenvalue weighted by Gasteiger charge is 2.19. The highest BCUT2D eigenvalue weighted by Crippen LogP contribution is 2.22. The zero-order chi connectivity index (χ0) is 25.3. The maximum absolute atomic E-state index is 12.3. The first-order valence-electron chi connectivity index (χ1n) is 10.8. The van der Waals surface area contributed by atoms with Gasteiger partial charge < -0.3 is 14.8 Å². The molecular formula is C24H30N2O7S. The minimum atomic E-state index is -3.67. The molecule has 0 heterocycles. The Balaban J connectivity index is 1.84. The number of hydrogen-bond donors (Lipinski definition) is 1. The van der Waals surface area contributed by atoms with E-state index < -0.39 is 28.5 Å². The van der Waals surface area contributed by atoms with E-state index in [9.17, 15) is 22.8 Å². The van der Waals surface area contributed by atoms with E-state index in [2.05, 4.69) is 5.32 Å². The highest BCUT2D eigenvalue weighted by molar-refractivity contribution is 7.89. The van der Waals surface area contributed by atoms with Crippen LogP contribution in [-0.4, -0.2) is 57.7 Å². The van der Waals surface area contributed by atoms with Crippen LogP contribution in [0.25, 0.3) is 0 Å². The maximum Gasteiger partial charge on any atom is 0.306 e. The average Bonchev–Trinajstić information content (AvgIpc) is 2.81. The number of Topliss-reactive ketones (excluding diaryl/α,β-unsaturated/α-hetero) is 1. The van der Waals surface area contributed by atoms with E-state index in [1.807, 2.05) is 6.92 Å². The first-order valence-corrected chi connectivity index (χ1v) is 12.2. The number of carbonyl (C=O) groups excluding carboxylic acids is 3. The summed E-state index contributed by atoms with van der Waals surface area (Å²) in [7, 11) is -0.842. The summed E-state index contributed by atoms with van der Waals surface area (Å²) in [4.78, 5) is 36.5. The Bertz CT molecular complexity index is 1130. The van der Waals surface area contributed by atoms with Crippen molar-refractivity contribution in [3.8, 4) is 5.75 Å². The van der Waals surface area contributed by atoms with Gasteiger partial charge in [-0.3, -0.25) is 14.4 Å². The summed E-state index contributed by atoms with van der Waals surface area (Å²) in [6, 6.07) is 11.0. The number of esters is 1. The second-order valence-electron chi connectivity index (χ2n) is 7.77. The fourth-order valence-electron chi connectivity index (χ4n) is 2.83. The standard InChI is InChI=1S/C24H30N2O7S/c1-5-14-32-19-9-7-18(8-10-19)22(27)12-13-24(29)33-16-23(28)25-21-15-20(11-6-17(21)2)34(30,31)26(3)4/h6-11,15H,5,12-14,16H2,1-4H3,(H,25,28). The third-order valence-electron chi connectivity index (χ3n) is 4.83. The Morgan fingerprint density at radius 2 is 1.68 bits per heavy atom. The fraction of sp³-hybridized carbons (Fsp3) is 0.375. The smallest absolute Gasteiger partial charge is 0.306 e. The fourth-order valence-corrected chi connectivity index (χ4v) is 3.76. The highest BCUT2D eigenvalue weighted by atomic mass is 32.2. The molecule has 0 bridgehead atoms. The number of benzene rings is 2. The van der Waals surface area contributed by atoms with Gasteiger partial charge >= 0.3 is 5.97 Å². The van der Waals surface area contributed by atoms with Crippen LogP contribution in [0.15, 0.2) is 47.4 Å². The van der Waals surface area contributed by atoms with E-state index >= 15 is 0 Å². The van der Waals surface area contributed by atoms with Crippen LogP contribution in [0.5, 0.6) is 5.75 Å². The van der Waals surface area contributed by atoms with Crippen molar-refractivity contribution < 1.29 is 32.3 Å². The molecule has 1 N–H and O–H groups in total. The van der Waals surface area contributed by atoms with Gasteiger partial charge in [-0.05, 0) is 55.3 Å². The second kappa shape index (κ2) is 12.3. The molecule has 0 aliphatic carbocycles. The molecule has 34 heavy (non-hydrogen) atoms. The molecule has 9 nitrogen and oxygen atoms in total. The molecule has 10 heteroatoms. The molecule has 0 unspecified atom stereocenters. The summed E-state index contributed by atoms with van der Waals surface area (Å²) in [5.74, 6) is -0.862. The Morgan fingerprint density at radius 1 is 1.00 bits per heavy atom. The Morgan fingerprint density at radius 3 is 2.29 bits per heavy atom. The molecule has 0 aromatic heterocycles. The van der Waals surface area contributed by atoms with Crippen molar-refractivity contribution in [3.05, 3.63) is 53.6 Å². The van der Waals surface area contributed by atoms with Gasteiger partial charge in [0.1, 0.15) is 5.75 Å². The molecule has 184 valence electrons. The summed E-state index contributed by atoms with van der Waals surface area (Å²) in [6.45, 7) is 3.74. The van der Waals surface area contributed by atoms with Gasteiger partial charge in [0.15, 0.2) is 12.4 Å². The molecular weight excluding hydrogens is 460 g/mol. The van der Waals surface area contributed by atoms with Crippen molar-refractivity contribution in [2.45, 2.75) is 38.0 Å². The lowest BCUT2D eigenvalue weighted by atomic mass is 10.1. The van der Waals surface area contributed by atoms with Crippen LogP contribution in [0.2, 0.25) is 0 Å². The SMILES string of the molecule is CCCOc1ccc(C(=O)CCC(=O)OCC(=O)Nc2cc(S(=O)(=O)N(C)C)ccc2C)cc1. The Labute approximate surface area is 200 Å². The van der Waals surface area contributed by atoms with Gasteiger partial charge in [0.05, 0.1) is 17.9 Å². The van der Waals surface area contributed by atoms with Gasteiger partial charge in [-0.25, -0.2) is 12.7 Å². The van der Waals surface area contributed by atoms with E-state index in [4.69, 9.17) is 9.47 Å². The first-order chi connectivity index (χ1) is 16.0. The van der Waals surface area contributed by atoms with Crippen molar-refractivity contribution >= 4 is 33.4 Å². The number of ketones is 1. The predicted octanol–water partition coefficient (Wildman–Crippen LogP) is 3.18. The summed E-state index contributed by atoms with van der Waals surface area (Å²) in [5.41, 5.74) is 1.40. The molecule has 0 spiro atoms. The Hall–Kier alpha value is -3.24. The van der Waals surface area contributed by atoms with Crippen LogP contribution >= 0.6 is 0 Å². The molecule has 0 saturated carbocycles. The zero-order valence-corrected chi connectivity index (χ0v) is 20.6. The molecule has 0 fully saturated rings. The van der Waals surface area contributed by atoms with Gasteiger partial charge in [0.2, 0.25) is 10.0 Å². The van der Waals surface area contributed by atoms with Gasteiger partial charge in [-0.2, -0.15) is 0 Å².